The summed E-state index contributed by atoms with van der Waals surface area (Å²) in [5.41, 5.74) is 1.14. The Morgan fingerprint density at radius 1 is 0.966 bits per heavy atom. The molecule has 4 nitrogen and oxygen atoms in total. The number of amides is 1. The van der Waals surface area contributed by atoms with Gasteiger partial charge in [0.2, 0.25) is 5.91 Å². The van der Waals surface area contributed by atoms with E-state index in [4.69, 9.17) is 0 Å². The van der Waals surface area contributed by atoms with E-state index in [1.165, 1.54) is 12.1 Å². The average Bonchev–Trinajstić information content (AvgIpc) is 2.73. The first-order valence-corrected chi connectivity index (χ1v) is 9.87. The number of nitrogens with zero attached hydrogens (tertiary/aromatic N) is 2. The highest BCUT2D eigenvalue weighted by Gasteiger charge is 2.31. The number of rotatable bonds is 7. The number of hydrogen-bond acceptors (Lipinski definition) is 3. The maximum absolute atomic E-state index is 12.9. The summed E-state index contributed by atoms with van der Waals surface area (Å²) >= 11 is 0. The molecule has 0 spiro atoms. The van der Waals surface area contributed by atoms with Gasteiger partial charge in [0, 0.05) is 51.4 Å². The van der Waals surface area contributed by atoms with Gasteiger partial charge in [0.15, 0.2) is 0 Å². The van der Waals surface area contributed by atoms with Crippen LogP contribution in [0.1, 0.15) is 17.5 Å². The van der Waals surface area contributed by atoms with Crippen LogP contribution in [0.25, 0.3) is 0 Å². The third-order valence-electron chi connectivity index (χ3n) is 5.14. The van der Waals surface area contributed by atoms with E-state index >= 15 is 0 Å². The second-order valence-electron chi connectivity index (χ2n) is 7.21. The first kappa shape index (κ1) is 21.2. The summed E-state index contributed by atoms with van der Waals surface area (Å²) in [6.45, 7) is 4.18. The number of benzene rings is 2. The minimum absolute atomic E-state index is 0.0384. The van der Waals surface area contributed by atoms with Gasteiger partial charge in [-0.2, -0.15) is 13.2 Å². The van der Waals surface area contributed by atoms with Crippen molar-refractivity contribution in [3.63, 3.8) is 0 Å². The molecular formula is C22H26F3N3O. The molecule has 1 saturated heterocycles. The van der Waals surface area contributed by atoms with E-state index in [0.29, 0.717) is 31.7 Å². The second-order valence-corrected chi connectivity index (χ2v) is 7.21. The highest BCUT2D eigenvalue weighted by molar-refractivity contribution is 5.76. The van der Waals surface area contributed by atoms with E-state index in [0.717, 1.165) is 37.7 Å². The lowest BCUT2D eigenvalue weighted by atomic mass is 10.1. The molecular weight excluding hydrogens is 379 g/mol. The summed E-state index contributed by atoms with van der Waals surface area (Å²) in [4.78, 5) is 16.2. The van der Waals surface area contributed by atoms with Gasteiger partial charge in [0.25, 0.3) is 0 Å². The number of nitrogens with one attached hydrogen (secondary N) is 1. The van der Waals surface area contributed by atoms with Crippen LogP contribution in [0.2, 0.25) is 0 Å². The molecule has 1 aliphatic rings. The van der Waals surface area contributed by atoms with Crippen LogP contribution >= 0.6 is 0 Å². The molecule has 156 valence electrons. The van der Waals surface area contributed by atoms with Crippen LogP contribution in [0, 0.1) is 0 Å². The molecule has 1 aliphatic heterocycles. The van der Waals surface area contributed by atoms with Gasteiger partial charge in [-0.05, 0) is 30.2 Å². The minimum atomic E-state index is -4.32. The second kappa shape index (κ2) is 9.78. The Labute approximate surface area is 169 Å². The van der Waals surface area contributed by atoms with Crippen molar-refractivity contribution in [3.8, 4) is 0 Å². The lowest BCUT2D eigenvalue weighted by Gasteiger charge is -2.36. The molecule has 0 aliphatic carbocycles. The summed E-state index contributed by atoms with van der Waals surface area (Å²) in [6, 6.07) is 15.4. The fourth-order valence-corrected chi connectivity index (χ4v) is 3.45. The molecule has 0 bridgehead atoms. The van der Waals surface area contributed by atoms with Crippen LogP contribution in [0.5, 0.6) is 0 Å². The number of aryl methyl sites for hydroxylation is 1. The van der Waals surface area contributed by atoms with Crippen molar-refractivity contribution in [2.45, 2.75) is 19.0 Å². The summed E-state index contributed by atoms with van der Waals surface area (Å²) < 4.78 is 38.7. The van der Waals surface area contributed by atoms with E-state index in [1.807, 2.05) is 35.2 Å². The molecule has 2 aromatic carbocycles. The Morgan fingerprint density at radius 3 is 2.38 bits per heavy atom. The summed E-state index contributed by atoms with van der Waals surface area (Å²) in [6.07, 6.45) is -3.13. The third-order valence-corrected chi connectivity index (χ3v) is 5.14. The minimum Gasteiger partial charge on any atom is -0.369 e. The van der Waals surface area contributed by atoms with Crippen molar-refractivity contribution in [1.82, 2.24) is 10.2 Å². The maximum atomic E-state index is 12.9. The van der Waals surface area contributed by atoms with Gasteiger partial charge in [-0.25, -0.2) is 0 Å². The fourth-order valence-electron chi connectivity index (χ4n) is 3.45. The summed E-state index contributed by atoms with van der Waals surface area (Å²) in [5.74, 6) is 0.0384. The lowest BCUT2D eigenvalue weighted by molar-refractivity contribution is -0.137. The molecule has 2 aromatic rings. The molecule has 3 rings (SSSR count). The van der Waals surface area contributed by atoms with Crippen LogP contribution in [0.4, 0.5) is 18.9 Å². The van der Waals surface area contributed by atoms with Crippen molar-refractivity contribution >= 4 is 11.6 Å². The number of piperazine rings is 1. The van der Waals surface area contributed by atoms with E-state index in [-0.39, 0.29) is 5.91 Å². The predicted octanol–water partition coefficient (Wildman–Crippen LogP) is 3.58. The van der Waals surface area contributed by atoms with Crippen LogP contribution in [-0.2, 0) is 17.4 Å². The third kappa shape index (κ3) is 6.49. The van der Waals surface area contributed by atoms with E-state index in [9.17, 15) is 18.0 Å². The van der Waals surface area contributed by atoms with E-state index in [1.54, 1.807) is 6.07 Å². The lowest BCUT2D eigenvalue weighted by Crippen LogP contribution is -2.48. The summed E-state index contributed by atoms with van der Waals surface area (Å²) in [5, 5.41) is 2.95. The zero-order valence-electron chi connectivity index (χ0n) is 16.3. The maximum Gasteiger partial charge on any atom is 0.416 e. The first-order valence-electron chi connectivity index (χ1n) is 9.87. The first-order chi connectivity index (χ1) is 13.9. The van der Waals surface area contributed by atoms with E-state index < -0.39 is 11.7 Å². The molecule has 29 heavy (non-hydrogen) atoms. The van der Waals surface area contributed by atoms with Crippen LogP contribution < -0.4 is 10.2 Å². The smallest absolute Gasteiger partial charge is 0.369 e. The molecule has 1 amide bonds. The fraction of sp³-hybridized carbons (Fsp3) is 0.409. The molecule has 0 aromatic heterocycles. The van der Waals surface area contributed by atoms with Crippen molar-refractivity contribution in [1.29, 1.82) is 0 Å². The molecule has 1 heterocycles. The molecule has 1 fully saturated rings. The quantitative estimate of drug-likeness (QED) is 0.765. The zero-order valence-corrected chi connectivity index (χ0v) is 16.3. The van der Waals surface area contributed by atoms with E-state index in [2.05, 4.69) is 10.2 Å². The average molecular weight is 405 g/mol. The standard InChI is InChI=1S/C22H26F3N3O/c23-22(24,25)19-7-4-8-20(17-19)28-15-13-27(14-16-28)12-11-26-21(29)10-9-18-5-2-1-3-6-18/h1-8,17H,9-16H2,(H,26,29). The number of anilines is 1. The summed E-state index contributed by atoms with van der Waals surface area (Å²) in [7, 11) is 0. The van der Waals surface area contributed by atoms with Crippen LogP contribution in [-0.4, -0.2) is 50.1 Å². The Balaban J connectivity index is 1.36. The van der Waals surface area contributed by atoms with Crippen LogP contribution in [0.15, 0.2) is 54.6 Å². The van der Waals surface area contributed by atoms with Crippen molar-refractivity contribution < 1.29 is 18.0 Å². The number of hydrogen-bond donors (Lipinski definition) is 1. The van der Waals surface area contributed by atoms with Crippen molar-refractivity contribution in [3.05, 3.63) is 65.7 Å². The number of carbonyl (C=O) groups is 1. The monoisotopic (exact) mass is 405 g/mol. The largest absolute Gasteiger partial charge is 0.416 e. The molecule has 7 heteroatoms. The van der Waals surface area contributed by atoms with Gasteiger partial charge < -0.3 is 10.2 Å². The van der Waals surface area contributed by atoms with Gasteiger partial charge in [-0.1, -0.05) is 36.4 Å². The normalized spacial score (nSPS) is 15.3. The molecule has 0 saturated carbocycles. The molecule has 0 atom stereocenters. The number of alkyl halides is 3. The topological polar surface area (TPSA) is 35.6 Å². The van der Waals surface area contributed by atoms with Gasteiger partial charge in [0.05, 0.1) is 5.56 Å². The molecule has 1 N–H and O–H groups in total. The highest BCUT2D eigenvalue weighted by atomic mass is 19.4. The predicted molar refractivity (Wildman–Crippen MR) is 108 cm³/mol. The number of carbonyl (C=O) groups excluding carboxylic acids is 1. The zero-order chi connectivity index (χ0) is 20.7. The van der Waals surface area contributed by atoms with Crippen molar-refractivity contribution in [2.24, 2.45) is 0 Å². The van der Waals surface area contributed by atoms with Crippen LogP contribution in [0.3, 0.4) is 0 Å². The van der Waals surface area contributed by atoms with Crippen molar-refractivity contribution in [2.75, 3.05) is 44.2 Å². The van der Waals surface area contributed by atoms with Gasteiger partial charge in [-0.3, -0.25) is 9.69 Å². The van der Waals surface area contributed by atoms with Gasteiger partial charge in [0.1, 0.15) is 0 Å². The Bertz CT molecular complexity index is 787. The SMILES string of the molecule is O=C(CCc1ccccc1)NCCN1CCN(c2cccc(C(F)(F)F)c2)CC1. The Hall–Kier alpha value is -2.54. The number of halogens is 3. The molecule has 0 unspecified atom stereocenters. The van der Waals surface area contributed by atoms with Gasteiger partial charge >= 0.3 is 6.18 Å². The Morgan fingerprint density at radius 2 is 1.69 bits per heavy atom. The molecule has 0 radical (unpaired) electrons. The van der Waals surface area contributed by atoms with Gasteiger partial charge in [-0.15, -0.1) is 0 Å². The Kier molecular flexibility index (Phi) is 7.14. The highest BCUT2D eigenvalue weighted by Crippen LogP contribution is 2.31.